The van der Waals surface area contributed by atoms with Crippen molar-refractivity contribution in [2.24, 2.45) is 0 Å². The summed E-state index contributed by atoms with van der Waals surface area (Å²) in [5.41, 5.74) is 1.63. The number of rotatable bonds is 7. The third-order valence-corrected chi connectivity index (χ3v) is 8.03. The van der Waals surface area contributed by atoms with Crippen molar-refractivity contribution in [1.29, 1.82) is 0 Å². The van der Waals surface area contributed by atoms with Crippen LogP contribution in [0.25, 0.3) is 11.0 Å². The first-order chi connectivity index (χ1) is 17.8. The molecular formula is C22H18N4O8S3. The van der Waals surface area contributed by atoms with Gasteiger partial charge in [0.15, 0.2) is 11.5 Å². The maximum atomic E-state index is 13.3. The number of nitrogens with zero attached hydrogens (tertiary/aromatic N) is 2. The van der Waals surface area contributed by atoms with Crippen LogP contribution in [0.4, 0.5) is 16.2 Å². The lowest BCUT2D eigenvalue weighted by Gasteiger charge is -2.13. The second-order valence-electron chi connectivity index (χ2n) is 7.55. The maximum absolute atomic E-state index is 13.3. The highest BCUT2D eigenvalue weighted by atomic mass is 32.2. The van der Waals surface area contributed by atoms with Crippen molar-refractivity contribution in [2.45, 2.75) is 18.7 Å². The fourth-order valence-corrected chi connectivity index (χ4v) is 6.32. The van der Waals surface area contributed by atoms with Gasteiger partial charge in [0.25, 0.3) is 10.0 Å². The highest BCUT2D eigenvalue weighted by molar-refractivity contribution is 7.93. The molecule has 1 amide bonds. The summed E-state index contributed by atoms with van der Waals surface area (Å²) in [5.74, 6) is 0.274. The average molecular weight is 563 g/mol. The van der Waals surface area contributed by atoms with E-state index in [2.05, 4.69) is 18.8 Å². The Labute approximate surface area is 218 Å². The summed E-state index contributed by atoms with van der Waals surface area (Å²) in [6.07, 6.45) is -0.900. The number of carbonyl (C=O) groups is 2. The predicted molar refractivity (Wildman–Crippen MR) is 135 cm³/mol. The van der Waals surface area contributed by atoms with E-state index in [1.807, 2.05) is 0 Å². The number of hydrogen-bond donors (Lipinski definition) is 2. The minimum atomic E-state index is -4.29. The number of carbonyl (C=O) groups excluding carboxylic acids is 2. The van der Waals surface area contributed by atoms with Crippen molar-refractivity contribution in [3.63, 3.8) is 0 Å². The Morgan fingerprint density at radius 1 is 1.11 bits per heavy atom. The molecular weight excluding hydrogens is 544 g/mol. The van der Waals surface area contributed by atoms with Gasteiger partial charge in [0, 0.05) is 6.07 Å². The van der Waals surface area contributed by atoms with Crippen molar-refractivity contribution in [3.8, 4) is 16.6 Å². The lowest BCUT2D eigenvalue weighted by Crippen LogP contribution is -2.20. The minimum absolute atomic E-state index is 0.0452. The Balaban J connectivity index is 1.39. The molecule has 0 saturated carbocycles. The molecule has 2 aromatic carbocycles. The van der Waals surface area contributed by atoms with Crippen LogP contribution < -0.4 is 24.2 Å². The summed E-state index contributed by atoms with van der Waals surface area (Å²) in [7, 11) is -4.29. The van der Waals surface area contributed by atoms with Gasteiger partial charge in [0.1, 0.15) is 21.5 Å². The molecule has 4 aromatic rings. The second-order valence-corrected chi connectivity index (χ2v) is 10.6. The number of sulfonamides is 1. The van der Waals surface area contributed by atoms with Gasteiger partial charge in [-0.05, 0) is 49.1 Å². The van der Waals surface area contributed by atoms with Crippen LogP contribution in [-0.2, 0) is 14.8 Å². The van der Waals surface area contributed by atoms with E-state index < -0.39 is 22.1 Å². The monoisotopic (exact) mass is 562 g/mol. The number of fused-ring (bicyclic) bond motifs is 2. The van der Waals surface area contributed by atoms with Crippen LogP contribution in [0.5, 0.6) is 16.6 Å². The van der Waals surface area contributed by atoms with Crippen molar-refractivity contribution in [3.05, 3.63) is 46.8 Å². The van der Waals surface area contributed by atoms with Gasteiger partial charge in [-0.15, -0.1) is 11.3 Å². The maximum Gasteiger partial charge on any atom is 0.417 e. The van der Waals surface area contributed by atoms with Crippen LogP contribution >= 0.6 is 23.1 Å². The summed E-state index contributed by atoms with van der Waals surface area (Å²) in [5, 5.41) is 3.87. The lowest BCUT2D eigenvalue weighted by molar-refractivity contribution is 0.0529. The highest BCUT2D eigenvalue weighted by Gasteiger charge is 2.27. The molecule has 1 aliphatic heterocycles. The molecule has 0 atom stereocenters. The SMILES string of the molecule is CCOC(=O)c1c(NS(=O)(=O)c2ccsc2OC(=O)Nc2cc3c(cc2C)OCO3)ccc2nsnc12. The molecule has 0 spiro atoms. The molecule has 1 aliphatic rings. The number of benzene rings is 2. The van der Waals surface area contributed by atoms with Crippen molar-refractivity contribution < 1.29 is 37.0 Å². The third kappa shape index (κ3) is 4.87. The molecule has 15 heteroatoms. The summed E-state index contributed by atoms with van der Waals surface area (Å²) in [6.45, 7) is 3.56. The fourth-order valence-electron chi connectivity index (χ4n) is 3.50. The fraction of sp³-hybridized carbons (Fsp3) is 0.182. The zero-order chi connectivity index (χ0) is 26.2. The predicted octanol–water partition coefficient (Wildman–Crippen LogP) is 4.38. The molecule has 3 heterocycles. The first kappa shape index (κ1) is 24.7. The summed E-state index contributed by atoms with van der Waals surface area (Å²) in [4.78, 5) is 24.9. The number of nitrogens with one attached hydrogen (secondary N) is 2. The van der Waals surface area contributed by atoms with Gasteiger partial charge < -0.3 is 18.9 Å². The van der Waals surface area contributed by atoms with E-state index in [4.69, 9.17) is 18.9 Å². The van der Waals surface area contributed by atoms with Crippen LogP contribution in [0.15, 0.2) is 40.6 Å². The Kier molecular flexibility index (Phi) is 6.57. The van der Waals surface area contributed by atoms with Crippen LogP contribution in [0.1, 0.15) is 22.8 Å². The molecule has 0 bridgehead atoms. The number of anilines is 2. The van der Waals surface area contributed by atoms with Gasteiger partial charge in [0.05, 0.1) is 29.7 Å². The summed E-state index contributed by atoms with van der Waals surface area (Å²) in [6, 6.07) is 7.52. The number of thiophene rings is 1. The van der Waals surface area contributed by atoms with Crippen LogP contribution in [0, 0.1) is 6.92 Å². The van der Waals surface area contributed by atoms with Gasteiger partial charge >= 0.3 is 12.1 Å². The van der Waals surface area contributed by atoms with Gasteiger partial charge in [0.2, 0.25) is 11.9 Å². The summed E-state index contributed by atoms with van der Waals surface area (Å²) < 4.78 is 58.2. The smallest absolute Gasteiger partial charge is 0.417 e. The molecule has 0 unspecified atom stereocenters. The second kappa shape index (κ2) is 9.84. The van der Waals surface area contributed by atoms with Crippen LogP contribution in [0.2, 0.25) is 0 Å². The standard InChI is InChI=1S/C22H18N4O8S3/c1-3-31-20(27)18-12(4-5-13-19(18)25-36-24-13)26-37(29,30)17-6-7-35-21(17)34-22(28)23-14-9-16-15(8-11(14)2)32-10-33-16/h4-9,26H,3,10H2,1-2H3,(H,23,28). The number of ether oxygens (including phenoxy) is 4. The zero-order valence-corrected chi connectivity index (χ0v) is 21.7. The molecule has 192 valence electrons. The minimum Gasteiger partial charge on any atom is -0.462 e. The molecule has 0 aliphatic carbocycles. The van der Waals surface area contributed by atoms with E-state index in [9.17, 15) is 18.0 Å². The number of esters is 1. The molecule has 0 radical (unpaired) electrons. The Morgan fingerprint density at radius 2 is 1.89 bits per heavy atom. The van der Waals surface area contributed by atoms with Crippen molar-refractivity contribution in [2.75, 3.05) is 23.4 Å². The van der Waals surface area contributed by atoms with E-state index >= 15 is 0 Å². The number of hydrogen-bond acceptors (Lipinski definition) is 12. The quantitative estimate of drug-likeness (QED) is 0.310. The molecule has 2 aromatic heterocycles. The normalized spacial score (nSPS) is 12.4. The van der Waals surface area contributed by atoms with Gasteiger partial charge in [-0.25, -0.2) is 18.0 Å². The lowest BCUT2D eigenvalue weighted by atomic mass is 10.1. The van der Waals surface area contributed by atoms with Crippen molar-refractivity contribution in [1.82, 2.24) is 8.75 Å². The third-order valence-electron chi connectivity index (χ3n) is 5.18. The van der Waals surface area contributed by atoms with E-state index in [0.717, 1.165) is 23.1 Å². The van der Waals surface area contributed by atoms with Gasteiger partial charge in [-0.1, -0.05) is 0 Å². The zero-order valence-electron chi connectivity index (χ0n) is 19.3. The molecule has 5 rings (SSSR count). The topological polar surface area (TPSA) is 155 Å². The molecule has 12 nitrogen and oxygen atoms in total. The molecule has 2 N–H and O–H groups in total. The number of aryl methyl sites for hydroxylation is 1. The van der Waals surface area contributed by atoms with E-state index in [1.165, 1.54) is 23.6 Å². The van der Waals surface area contributed by atoms with Gasteiger partial charge in [-0.3, -0.25) is 10.0 Å². The van der Waals surface area contributed by atoms with Crippen LogP contribution in [-0.4, -0.2) is 42.6 Å². The largest absolute Gasteiger partial charge is 0.462 e. The van der Waals surface area contributed by atoms with E-state index in [1.54, 1.807) is 26.0 Å². The Bertz CT molecular complexity index is 1630. The Hall–Kier alpha value is -3.95. The molecule has 37 heavy (non-hydrogen) atoms. The summed E-state index contributed by atoms with van der Waals surface area (Å²) >= 11 is 1.80. The van der Waals surface area contributed by atoms with Crippen molar-refractivity contribution >= 4 is 67.6 Å². The first-order valence-electron chi connectivity index (χ1n) is 10.7. The molecule has 0 fully saturated rings. The average Bonchev–Trinajstić information content (AvgIpc) is 3.60. The van der Waals surface area contributed by atoms with E-state index in [-0.39, 0.29) is 40.1 Å². The molecule has 0 saturated heterocycles. The van der Waals surface area contributed by atoms with E-state index in [0.29, 0.717) is 28.3 Å². The number of amides is 1. The van der Waals surface area contributed by atoms with Gasteiger partial charge in [-0.2, -0.15) is 8.75 Å². The highest BCUT2D eigenvalue weighted by Crippen LogP contribution is 2.37. The Morgan fingerprint density at radius 3 is 2.68 bits per heavy atom. The van der Waals surface area contributed by atoms with Crippen LogP contribution in [0.3, 0.4) is 0 Å². The number of aromatic nitrogens is 2. The first-order valence-corrected chi connectivity index (χ1v) is 13.8.